The van der Waals surface area contributed by atoms with Crippen molar-refractivity contribution >= 4 is 5.97 Å². The van der Waals surface area contributed by atoms with Gasteiger partial charge in [-0.1, -0.05) is 13.8 Å². The number of carbonyl (C=O) groups excluding carboxylic acids is 1. The second kappa shape index (κ2) is 3.23. The van der Waals surface area contributed by atoms with E-state index in [9.17, 15) is 4.79 Å². The predicted molar refractivity (Wildman–Crippen MR) is 41.4 cm³/mol. The summed E-state index contributed by atoms with van der Waals surface area (Å²) in [6.45, 7) is 4.36. The lowest BCUT2D eigenvalue weighted by Crippen LogP contribution is -2.02. The normalized spacial score (nSPS) is 13.1. The van der Waals surface area contributed by atoms with Crippen molar-refractivity contribution in [1.29, 1.82) is 0 Å². The summed E-state index contributed by atoms with van der Waals surface area (Å²) in [5.41, 5.74) is 0. The van der Waals surface area contributed by atoms with Crippen LogP contribution in [0.5, 0.6) is 5.88 Å². The molecule has 0 amide bonds. The van der Waals surface area contributed by atoms with Gasteiger partial charge >= 0.3 is 5.97 Å². The number of fused-ring (bicyclic) bond motifs is 1. The lowest BCUT2D eigenvalue weighted by Gasteiger charge is -1.85. The highest BCUT2D eigenvalue weighted by Gasteiger charge is 2.17. The third-order valence-corrected chi connectivity index (χ3v) is 1.31. The second-order valence-corrected chi connectivity index (χ2v) is 1.95. The number of aromatic nitrogens is 1. The van der Waals surface area contributed by atoms with Crippen molar-refractivity contribution < 1.29 is 9.53 Å². The highest BCUT2D eigenvalue weighted by Crippen LogP contribution is 2.17. The number of rotatable bonds is 0. The molecule has 0 fully saturated rings. The van der Waals surface area contributed by atoms with Crippen LogP contribution in [0.1, 0.15) is 13.8 Å². The van der Waals surface area contributed by atoms with E-state index in [2.05, 4.69) is 0 Å². The van der Waals surface area contributed by atoms with E-state index in [-0.39, 0.29) is 5.97 Å². The monoisotopic (exact) mass is 153 g/mol. The molecule has 1 aliphatic heterocycles. The van der Waals surface area contributed by atoms with Crippen LogP contribution in [0.15, 0.2) is 18.3 Å². The topological polar surface area (TPSA) is 31.2 Å². The maximum absolute atomic E-state index is 10.5. The first-order chi connectivity index (χ1) is 5.36. The van der Waals surface area contributed by atoms with E-state index >= 15 is 0 Å². The minimum Gasteiger partial charge on any atom is -0.408 e. The summed E-state index contributed by atoms with van der Waals surface area (Å²) in [5, 5.41) is 0. The Bertz CT molecular complexity index is 230. The van der Waals surface area contributed by atoms with Gasteiger partial charge in [-0.25, -0.2) is 4.79 Å². The minimum atomic E-state index is -0.175. The van der Waals surface area contributed by atoms with E-state index in [0.29, 0.717) is 12.4 Å². The van der Waals surface area contributed by atoms with Crippen molar-refractivity contribution in [3.8, 4) is 5.88 Å². The smallest absolute Gasteiger partial charge is 0.332 e. The van der Waals surface area contributed by atoms with Gasteiger partial charge in [-0.05, 0) is 6.07 Å². The van der Waals surface area contributed by atoms with Crippen LogP contribution in [-0.2, 0) is 11.3 Å². The molecule has 3 nitrogen and oxygen atoms in total. The number of hydrogen-bond donors (Lipinski definition) is 0. The van der Waals surface area contributed by atoms with Gasteiger partial charge < -0.3 is 9.30 Å². The van der Waals surface area contributed by atoms with E-state index in [1.807, 2.05) is 26.1 Å². The number of nitrogens with zero attached hydrogens (tertiary/aromatic N) is 1. The fourth-order valence-electron chi connectivity index (χ4n) is 0.910. The van der Waals surface area contributed by atoms with Crippen LogP contribution in [0.3, 0.4) is 0 Å². The lowest BCUT2D eigenvalue weighted by atomic mass is 10.6. The van der Waals surface area contributed by atoms with Gasteiger partial charge in [0, 0.05) is 12.3 Å². The molecule has 1 aromatic heterocycles. The SMILES string of the molecule is CC.O=C1Cn2cccc2O1. The fourth-order valence-corrected chi connectivity index (χ4v) is 0.910. The summed E-state index contributed by atoms with van der Waals surface area (Å²) >= 11 is 0. The zero-order valence-corrected chi connectivity index (χ0v) is 6.70. The summed E-state index contributed by atoms with van der Waals surface area (Å²) in [6.07, 6.45) is 1.82. The third kappa shape index (κ3) is 1.42. The van der Waals surface area contributed by atoms with Crippen LogP contribution >= 0.6 is 0 Å². The van der Waals surface area contributed by atoms with Crippen molar-refractivity contribution in [2.24, 2.45) is 0 Å². The van der Waals surface area contributed by atoms with Crippen LogP contribution in [0.4, 0.5) is 0 Å². The number of carbonyl (C=O) groups is 1. The third-order valence-electron chi connectivity index (χ3n) is 1.31. The van der Waals surface area contributed by atoms with Gasteiger partial charge in [-0.3, -0.25) is 0 Å². The molecule has 2 rings (SSSR count). The molecular formula is C8H11NO2. The molecule has 0 aliphatic carbocycles. The van der Waals surface area contributed by atoms with Gasteiger partial charge in [0.25, 0.3) is 0 Å². The average molecular weight is 153 g/mol. The number of ether oxygens (including phenoxy) is 1. The molecule has 0 aromatic carbocycles. The summed E-state index contributed by atoms with van der Waals surface area (Å²) in [5.74, 6) is 0.477. The first kappa shape index (κ1) is 7.85. The summed E-state index contributed by atoms with van der Waals surface area (Å²) < 4.78 is 6.54. The molecule has 3 heteroatoms. The van der Waals surface area contributed by atoms with Crippen LogP contribution in [-0.4, -0.2) is 10.5 Å². The van der Waals surface area contributed by atoms with Gasteiger partial charge in [-0.2, -0.15) is 0 Å². The van der Waals surface area contributed by atoms with Crippen LogP contribution in [0, 0.1) is 0 Å². The van der Waals surface area contributed by atoms with Crippen LogP contribution in [0.2, 0.25) is 0 Å². The summed E-state index contributed by atoms with van der Waals surface area (Å²) in [7, 11) is 0. The first-order valence-corrected chi connectivity index (χ1v) is 3.72. The van der Waals surface area contributed by atoms with E-state index in [4.69, 9.17) is 4.74 Å². The van der Waals surface area contributed by atoms with Crippen molar-refractivity contribution in [2.75, 3.05) is 0 Å². The molecule has 0 radical (unpaired) electrons. The van der Waals surface area contributed by atoms with Crippen molar-refractivity contribution in [2.45, 2.75) is 20.4 Å². The minimum absolute atomic E-state index is 0.175. The van der Waals surface area contributed by atoms with E-state index < -0.39 is 0 Å². The van der Waals surface area contributed by atoms with Gasteiger partial charge in [0.05, 0.1) is 0 Å². The highest BCUT2D eigenvalue weighted by atomic mass is 16.6. The molecule has 0 N–H and O–H groups in total. The van der Waals surface area contributed by atoms with Crippen molar-refractivity contribution in [3.05, 3.63) is 18.3 Å². The Kier molecular flexibility index (Phi) is 2.31. The molecule has 0 atom stereocenters. The Hall–Kier alpha value is -1.25. The Balaban J connectivity index is 0.000000281. The van der Waals surface area contributed by atoms with Crippen LogP contribution < -0.4 is 4.74 Å². The molecule has 1 aliphatic rings. The van der Waals surface area contributed by atoms with E-state index in [0.717, 1.165) is 0 Å². The lowest BCUT2D eigenvalue weighted by molar-refractivity contribution is -0.132. The Morgan fingerprint density at radius 3 is 2.91 bits per heavy atom. The van der Waals surface area contributed by atoms with Gasteiger partial charge in [0.15, 0.2) is 0 Å². The molecule has 0 bridgehead atoms. The molecule has 1 aromatic rings. The average Bonchev–Trinajstić information content (AvgIpc) is 2.51. The molecule has 0 saturated carbocycles. The molecule has 11 heavy (non-hydrogen) atoms. The van der Waals surface area contributed by atoms with Gasteiger partial charge in [0.2, 0.25) is 5.88 Å². The molecular weight excluding hydrogens is 142 g/mol. The van der Waals surface area contributed by atoms with E-state index in [1.54, 1.807) is 10.6 Å². The summed E-state index contributed by atoms with van der Waals surface area (Å²) in [4.78, 5) is 10.5. The Morgan fingerprint density at radius 2 is 2.27 bits per heavy atom. The molecule has 0 saturated heterocycles. The maximum atomic E-state index is 10.5. The zero-order chi connectivity index (χ0) is 8.27. The van der Waals surface area contributed by atoms with E-state index in [1.165, 1.54) is 0 Å². The molecule has 60 valence electrons. The molecule has 0 unspecified atom stereocenters. The van der Waals surface area contributed by atoms with Crippen molar-refractivity contribution in [1.82, 2.24) is 4.57 Å². The fraction of sp³-hybridized carbons (Fsp3) is 0.375. The molecule has 0 spiro atoms. The standard InChI is InChI=1S/C6H5NO2.C2H6/c8-6-4-7-3-1-2-5(7)9-6;1-2/h1-3H,4H2;1-2H3. The zero-order valence-electron chi connectivity index (χ0n) is 6.70. The Morgan fingerprint density at radius 1 is 1.55 bits per heavy atom. The van der Waals surface area contributed by atoms with Crippen LogP contribution in [0.25, 0.3) is 0 Å². The number of esters is 1. The maximum Gasteiger partial charge on any atom is 0.332 e. The first-order valence-electron chi connectivity index (χ1n) is 3.72. The Labute approximate surface area is 65.6 Å². The van der Waals surface area contributed by atoms with Gasteiger partial charge in [0.1, 0.15) is 6.54 Å². The number of hydrogen-bond acceptors (Lipinski definition) is 2. The summed E-state index contributed by atoms with van der Waals surface area (Å²) in [6, 6.07) is 3.62. The quantitative estimate of drug-likeness (QED) is 0.528. The van der Waals surface area contributed by atoms with Gasteiger partial charge in [-0.15, -0.1) is 0 Å². The predicted octanol–water partition coefficient (Wildman–Crippen LogP) is 1.43. The van der Waals surface area contributed by atoms with Crippen molar-refractivity contribution in [3.63, 3.8) is 0 Å². The largest absolute Gasteiger partial charge is 0.408 e. The second-order valence-electron chi connectivity index (χ2n) is 1.95. The molecule has 2 heterocycles. The highest BCUT2D eigenvalue weighted by molar-refractivity contribution is 5.74.